The van der Waals surface area contributed by atoms with Gasteiger partial charge in [0.15, 0.2) is 5.69 Å². The molecule has 3 amide bonds. The van der Waals surface area contributed by atoms with Crippen LogP contribution in [0.25, 0.3) is 11.1 Å². The third-order valence-electron chi connectivity index (χ3n) is 8.77. The molecule has 53 heavy (non-hydrogen) atoms. The van der Waals surface area contributed by atoms with Gasteiger partial charge in [0.25, 0.3) is 21.8 Å². The van der Waals surface area contributed by atoms with E-state index in [9.17, 15) is 27.6 Å². The Bertz CT molecular complexity index is 2090. The molecule has 0 aliphatic carbocycles. The molecule has 0 saturated heterocycles. The molecule has 0 bridgehead atoms. The lowest BCUT2D eigenvalue weighted by atomic mass is 10.0. The summed E-state index contributed by atoms with van der Waals surface area (Å²) in [6, 6.07) is 16.8. The van der Waals surface area contributed by atoms with Crippen LogP contribution in [0.4, 0.5) is 9.18 Å². The van der Waals surface area contributed by atoms with Gasteiger partial charge in [0.05, 0.1) is 41.5 Å². The van der Waals surface area contributed by atoms with Crippen LogP contribution in [0, 0.1) is 11.7 Å². The largest absolute Gasteiger partial charge is 0.461 e. The second kappa shape index (κ2) is 17.0. The third-order valence-corrected chi connectivity index (χ3v) is 10.1. The molecule has 5 rings (SSSR count). The topological polar surface area (TPSA) is 154 Å². The lowest BCUT2D eigenvalue weighted by molar-refractivity contribution is 0.0469. The maximum absolute atomic E-state index is 15.9. The highest BCUT2D eigenvalue weighted by Crippen LogP contribution is 2.30. The molecule has 0 fully saturated rings. The number of aryl methyl sites for hydroxylation is 2. The van der Waals surface area contributed by atoms with E-state index in [0.29, 0.717) is 48.3 Å². The number of benzene rings is 3. The van der Waals surface area contributed by atoms with Crippen molar-refractivity contribution in [2.45, 2.75) is 71.2 Å². The van der Waals surface area contributed by atoms with Crippen LogP contribution in [0.2, 0.25) is 0 Å². The number of carbonyl (C=O) groups excluding carboxylic acids is 4. The first-order valence-corrected chi connectivity index (χ1v) is 19.1. The predicted molar refractivity (Wildman–Crippen MR) is 194 cm³/mol. The number of imidazole rings is 1. The van der Waals surface area contributed by atoms with Gasteiger partial charge < -0.3 is 14.0 Å². The van der Waals surface area contributed by atoms with Crippen molar-refractivity contribution in [3.05, 3.63) is 106 Å². The Morgan fingerprint density at radius 1 is 0.906 bits per heavy atom. The highest BCUT2D eigenvalue weighted by molar-refractivity contribution is 7.90. The highest BCUT2D eigenvalue weighted by atomic mass is 32.2. The van der Waals surface area contributed by atoms with Gasteiger partial charge in [0, 0.05) is 24.1 Å². The lowest BCUT2D eigenvalue weighted by Gasteiger charge is -2.16. The molecule has 1 aromatic heterocycles. The van der Waals surface area contributed by atoms with E-state index in [1.54, 1.807) is 41.0 Å². The average molecular weight is 747 g/mol. The van der Waals surface area contributed by atoms with Gasteiger partial charge in [0.2, 0.25) is 0 Å². The highest BCUT2D eigenvalue weighted by Gasteiger charge is 2.34. The van der Waals surface area contributed by atoms with E-state index < -0.39 is 27.9 Å². The summed E-state index contributed by atoms with van der Waals surface area (Å²) >= 11 is 0. The molecule has 1 aliphatic rings. The summed E-state index contributed by atoms with van der Waals surface area (Å²) in [4.78, 5) is 56.8. The fourth-order valence-corrected chi connectivity index (χ4v) is 7.17. The number of hydrogen-bond donors (Lipinski definition) is 1. The third kappa shape index (κ3) is 8.82. The fraction of sp³-hybridized carbons (Fsp3) is 0.359. The number of esters is 1. The minimum atomic E-state index is -4.37. The van der Waals surface area contributed by atoms with Crippen LogP contribution < -0.4 is 4.72 Å². The molecule has 0 saturated carbocycles. The average Bonchev–Trinajstić information content (AvgIpc) is 3.59. The molecule has 2 heterocycles. The molecule has 3 aromatic carbocycles. The number of amides is 3. The van der Waals surface area contributed by atoms with Crippen molar-refractivity contribution in [2.24, 2.45) is 5.92 Å². The van der Waals surface area contributed by atoms with Crippen LogP contribution in [0.3, 0.4) is 0 Å². The van der Waals surface area contributed by atoms with Gasteiger partial charge >= 0.3 is 12.1 Å². The number of halogens is 1. The van der Waals surface area contributed by atoms with Gasteiger partial charge in [-0.05, 0) is 61.4 Å². The number of carbonyl (C=O) groups is 4. The molecular weight excluding hydrogens is 704 g/mol. The van der Waals surface area contributed by atoms with Gasteiger partial charge in [-0.15, -0.1) is 0 Å². The van der Waals surface area contributed by atoms with Gasteiger partial charge in [-0.3, -0.25) is 14.5 Å². The number of rotatable bonds is 16. The Labute approximate surface area is 308 Å². The van der Waals surface area contributed by atoms with Crippen molar-refractivity contribution < 1.29 is 41.5 Å². The Morgan fingerprint density at radius 2 is 1.57 bits per heavy atom. The van der Waals surface area contributed by atoms with Crippen LogP contribution in [0.5, 0.6) is 0 Å². The fourth-order valence-electron chi connectivity index (χ4n) is 6.05. The molecule has 4 aromatic rings. The Kier molecular flexibility index (Phi) is 12.4. The van der Waals surface area contributed by atoms with E-state index in [2.05, 4.69) is 4.98 Å². The Balaban J connectivity index is 1.32. The van der Waals surface area contributed by atoms with Crippen molar-refractivity contribution in [1.29, 1.82) is 0 Å². The van der Waals surface area contributed by atoms with Crippen molar-refractivity contribution in [1.82, 2.24) is 19.2 Å². The summed E-state index contributed by atoms with van der Waals surface area (Å²) < 4.78 is 56.5. The second-order valence-corrected chi connectivity index (χ2v) is 14.7. The number of nitrogens with one attached hydrogen (secondary N) is 1. The maximum Gasteiger partial charge on any atom is 0.421 e. The number of imide groups is 1. The molecule has 1 aliphatic heterocycles. The summed E-state index contributed by atoms with van der Waals surface area (Å²) in [5.41, 5.74) is 2.01. The summed E-state index contributed by atoms with van der Waals surface area (Å²) in [5.74, 6) is -1.25. The first-order chi connectivity index (χ1) is 25.4. The van der Waals surface area contributed by atoms with E-state index in [4.69, 9.17) is 9.47 Å². The number of aromatic nitrogens is 2. The molecule has 0 radical (unpaired) electrons. The SMILES string of the molecule is CCCc1nc(CC)c(C(=O)OCCCN2C(=O)c3ccccc3C2=O)n1Cc1ccc(-c2ccccc2S(=O)(=O)NC(=O)OCCC(C)C)cc1F. The molecular formula is C39H43FN4O8S. The zero-order valence-electron chi connectivity index (χ0n) is 30.2. The quantitative estimate of drug-likeness (QED) is 0.0763. The van der Waals surface area contributed by atoms with Crippen LogP contribution in [0.15, 0.2) is 71.6 Å². The van der Waals surface area contributed by atoms with E-state index in [-0.39, 0.29) is 77.7 Å². The molecule has 14 heteroatoms. The van der Waals surface area contributed by atoms with E-state index >= 15 is 4.39 Å². The minimum Gasteiger partial charge on any atom is -0.461 e. The van der Waals surface area contributed by atoms with E-state index in [1.165, 1.54) is 30.3 Å². The summed E-state index contributed by atoms with van der Waals surface area (Å²) in [7, 11) is -4.37. The predicted octanol–water partition coefficient (Wildman–Crippen LogP) is 6.56. The number of hydrogen-bond acceptors (Lipinski definition) is 9. The molecule has 0 atom stereocenters. The molecule has 0 spiro atoms. The number of ether oxygens (including phenoxy) is 2. The van der Waals surface area contributed by atoms with Crippen molar-refractivity contribution in [3.8, 4) is 11.1 Å². The number of fused-ring (bicyclic) bond motifs is 1. The summed E-state index contributed by atoms with van der Waals surface area (Å²) in [5, 5.41) is 0. The standard InChI is InChI=1S/C39H43FN4O8S/c1-5-12-34-41-32(6-2)35(38(47)51-21-11-20-43-36(45)29-14-7-8-15-30(29)37(43)46)44(34)24-27-18-17-26(23-31(27)40)28-13-9-10-16-33(28)53(49,50)42-39(48)52-22-19-25(3)4/h7-10,13-18,23,25H,5-6,11-12,19-22,24H2,1-4H3,(H,42,48). The summed E-state index contributed by atoms with van der Waals surface area (Å²) in [6.45, 7) is 7.70. The molecule has 280 valence electrons. The van der Waals surface area contributed by atoms with E-state index in [0.717, 1.165) is 4.90 Å². The second-order valence-electron chi connectivity index (χ2n) is 13.0. The molecule has 12 nitrogen and oxygen atoms in total. The normalized spacial score (nSPS) is 12.7. The van der Waals surface area contributed by atoms with Gasteiger partial charge in [-0.25, -0.2) is 32.1 Å². The molecule has 0 unspecified atom stereocenters. The van der Waals surface area contributed by atoms with Gasteiger partial charge in [-0.2, -0.15) is 0 Å². The lowest BCUT2D eigenvalue weighted by Crippen LogP contribution is -2.31. The number of nitrogens with zero attached hydrogens (tertiary/aromatic N) is 3. The van der Waals surface area contributed by atoms with Gasteiger partial charge in [0.1, 0.15) is 11.6 Å². The Morgan fingerprint density at radius 3 is 2.19 bits per heavy atom. The molecule has 1 N–H and O–H groups in total. The van der Waals surface area contributed by atoms with Crippen molar-refractivity contribution in [2.75, 3.05) is 19.8 Å². The first kappa shape index (κ1) is 38.9. The zero-order chi connectivity index (χ0) is 38.3. The van der Waals surface area contributed by atoms with Gasteiger partial charge in [-0.1, -0.05) is 70.2 Å². The van der Waals surface area contributed by atoms with Crippen LogP contribution in [-0.2, 0) is 38.9 Å². The van der Waals surface area contributed by atoms with Crippen LogP contribution in [0.1, 0.15) is 95.2 Å². The maximum atomic E-state index is 15.9. The van der Waals surface area contributed by atoms with E-state index in [1.807, 2.05) is 32.4 Å². The summed E-state index contributed by atoms with van der Waals surface area (Å²) in [6.07, 6.45) is 1.32. The monoisotopic (exact) mass is 746 g/mol. The Hall–Kier alpha value is -5.37. The van der Waals surface area contributed by atoms with Crippen LogP contribution >= 0.6 is 0 Å². The minimum absolute atomic E-state index is 0.0577. The zero-order valence-corrected chi connectivity index (χ0v) is 31.0. The smallest absolute Gasteiger partial charge is 0.421 e. The van der Waals surface area contributed by atoms with Crippen molar-refractivity contribution >= 4 is 33.9 Å². The van der Waals surface area contributed by atoms with Crippen LogP contribution in [-0.4, -0.2) is 66.5 Å². The number of sulfonamides is 1. The van der Waals surface area contributed by atoms with Crippen molar-refractivity contribution in [3.63, 3.8) is 0 Å². The first-order valence-electron chi connectivity index (χ1n) is 17.6.